The second kappa shape index (κ2) is 6.36. The van der Waals surface area contributed by atoms with Crippen molar-refractivity contribution < 1.29 is 14.4 Å². The number of piperidine rings is 1. The fourth-order valence-electron chi connectivity index (χ4n) is 3.19. The monoisotopic (exact) mass is 312 g/mol. The van der Waals surface area contributed by atoms with Crippen molar-refractivity contribution in [3.8, 4) is 0 Å². The summed E-state index contributed by atoms with van der Waals surface area (Å²) < 4.78 is 0. The lowest BCUT2D eigenvalue weighted by atomic mass is 9.96. The number of nitrogens with zero attached hydrogens (tertiary/aromatic N) is 2. The van der Waals surface area contributed by atoms with Gasteiger partial charge in [-0.15, -0.1) is 0 Å². The topological polar surface area (TPSA) is 57.7 Å². The molecule has 23 heavy (non-hydrogen) atoms. The number of rotatable bonds is 3. The first kappa shape index (κ1) is 15.5. The van der Waals surface area contributed by atoms with Crippen LogP contribution >= 0.6 is 0 Å². The summed E-state index contributed by atoms with van der Waals surface area (Å²) in [6.07, 6.45) is 3.09. The molecule has 1 aromatic rings. The van der Waals surface area contributed by atoms with Crippen LogP contribution in [0.1, 0.15) is 25.3 Å². The van der Waals surface area contributed by atoms with Crippen molar-refractivity contribution in [3.63, 3.8) is 0 Å². The predicted octanol–water partition coefficient (Wildman–Crippen LogP) is 1.70. The molecule has 2 heterocycles. The van der Waals surface area contributed by atoms with Crippen molar-refractivity contribution in [3.05, 3.63) is 42.0 Å². The third-order valence-corrected chi connectivity index (χ3v) is 4.59. The maximum atomic E-state index is 12.5. The van der Waals surface area contributed by atoms with Crippen LogP contribution in [-0.4, -0.2) is 47.2 Å². The number of hydrogen-bond acceptors (Lipinski definition) is 3. The summed E-state index contributed by atoms with van der Waals surface area (Å²) in [5.41, 5.74) is 1.25. The number of hydrogen-bond donors (Lipinski definition) is 0. The molecule has 3 amide bonds. The van der Waals surface area contributed by atoms with Crippen LogP contribution in [0.15, 0.2) is 36.4 Å². The summed E-state index contributed by atoms with van der Waals surface area (Å²) >= 11 is 0. The lowest BCUT2D eigenvalue weighted by Crippen LogP contribution is -2.42. The number of imide groups is 1. The molecule has 0 unspecified atom stereocenters. The zero-order chi connectivity index (χ0) is 16.4. The molecule has 0 spiro atoms. The first-order chi connectivity index (χ1) is 11.1. The highest BCUT2D eigenvalue weighted by Crippen LogP contribution is 2.26. The lowest BCUT2D eigenvalue weighted by Gasteiger charge is -2.32. The zero-order valence-corrected chi connectivity index (χ0v) is 13.2. The molecule has 5 heteroatoms. The summed E-state index contributed by atoms with van der Waals surface area (Å²) in [4.78, 5) is 39.2. The molecule has 0 aliphatic carbocycles. The van der Waals surface area contributed by atoms with Gasteiger partial charge in [-0.3, -0.25) is 19.3 Å². The Morgan fingerprint density at radius 1 is 1.13 bits per heavy atom. The minimum Gasteiger partial charge on any atom is -0.343 e. The third-order valence-electron chi connectivity index (χ3n) is 4.59. The van der Waals surface area contributed by atoms with Crippen molar-refractivity contribution in [1.82, 2.24) is 9.80 Å². The van der Waals surface area contributed by atoms with Gasteiger partial charge in [-0.05, 0) is 24.3 Å². The van der Waals surface area contributed by atoms with Crippen molar-refractivity contribution in [2.75, 3.05) is 19.6 Å². The molecular weight excluding hydrogens is 292 g/mol. The van der Waals surface area contributed by atoms with E-state index in [1.54, 1.807) is 6.92 Å². The molecule has 5 nitrogen and oxygen atoms in total. The molecule has 2 aliphatic heterocycles. The number of carbonyl (C=O) groups excluding carboxylic acids is 3. The van der Waals surface area contributed by atoms with Crippen molar-refractivity contribution in [2.45, 2.75) is 19.8 Å². The number of likely N-dealkylation sites (tertiary alicyclic amines) is 1. The lowest BCUT2D eigenvalue weighted by molar-refractivity contribution is -0.138. The summed E-state index contributed by atoms with van der Waals surface area (Å²) in [5, 5.41) is 0. The van der Waals surface area contributed by atoms with Crippen LogP contribution in [0, 0.1) is 5.92 Å². The highest BCUT2D eigenvalue weighted by Gasteiger charge is 2.34. The fraction of sp³-hybridized carbons (Fsp3) is 0.389. The van der Waals surface area contributed by atoms with Crippen LogP contribution in [0.5, 0.6) is 0 Å². The Hall–Kier alpha value is -2.43. The average Bonchev–Trinajstić information content (AvgIpc) is 2.84. The van der Waals surface area contributed by atoms with Gasteiger partial charge in [0.25, 0.3) is 11.8 Å². The molecular formula is C18H20N2O3. The molecule has 0 radical (unpaired) electrons. The molecule has 120 valence electrons. The summed E-state index contributed by atoms with van der Waals surface area (Å²) in [6, 6.07) is 9.27. The van der Waals surface area contributed by atoms with Crippen LogP contribution in [0.2, 0.25) is 0 Å². The second-order valence-corrected chi connectivity index (χ2v) is 6.13. The fourth-order valence-corrected chi connectivity index (χ4v) is 3.19. The van der Waals surface area contributed by atoms with Gasteiger partial charge < -0.3 is 4.90 Å². The van der Waals surface area contributed by atoms with E-state index in [2.05, 4.69) is 0 Å². The molecule has 0 N–H and O–H groups in total. The van der Waals surface area contributed by atoms with Gasteiger partial charge in [0.1, 0.15) is 0 Å². The van der Waals surface area contributed by atoms with Gasteiger partial charge in [0.15, 0.2) is 0 Å². The maximum Gasteiger partial charge on any atom is 0.261 e. The van der Waals surface area contributed by atoms with E-state index in [1.807, 2.05) is 35.2 Å². The van der Waals surface area contributed by atoms with E-state index < -0.39 is 0 Å². The molecule has 0 atom stereocenters. The van der Waals surface area contributed by atoms with Crippen LogP contribution < -0.4 is 0 Å². The minimum atomic E-state index is -0.233. The Bertz CT molecular complexity index is 658. The SMILES string of the molecule is CC(=O)N1CCC(CN2C(=O)C=C(c3ccccc3)C2=O)CC1. The average molecular weight is 312 g/mol. The highest BCUT2D eigenvalue weighted by molar-refractivity contribution is 6.33. The Morgan fingerprint density at radius 2 is 1.78 bits per heavy atom. The third kappa shape index (κ3) is 3.18. The minimum absolute atomic E-state index is 0.0878. The highest BCUT2D eigenvalue weighted by atomic mass is 16.2. The van der Waals surface area contributed by atoms with Gasteiger partial charge in [-0.1, -0.05) is 30.3 Å². The van der Waals surface area contributed by atoms with Gasteiger partial charge in [0, 0.05) is 32.6 Å². The standard InChI is InChI=1S/C18H20N2O3/c1-13(21)19-9-7-14(8-10-19)12-20-17(22)11-16(18(20)23)15-5-3-2-4-6-15/h2-6,11,14H,7-10,12H2,1H3. The van der Waals surface area contributed by atoms with E-state index in [0.717, 1.165) is 18.4 Å². The summed E-state index contributed by atoms with van der Waals surface area (Å²) in [6.45, 7) is 3.42. The van der Waals surface area contributed by atoms with E-state index in [0.29, 0.717) is 25.2 Å². The largest absolute Gasteiger partial charge is 0.343 e. The Morgan fingerprint density at radius 3 is 2.39 bits per heavy atom. The van der Waals surface area contributed by atoms with E-state index in [4.69, 9.17) is 0 Å². The van der Waals surface area contributed by atoms with Gasteiger partial charge in [-0.2, -0.15) is 0 Å². The number of carbonyl (C=O) groups is 3. The molecule has 0 bridgehead atoms. The smallest absolute Gasteiger partial charge is 0.261 e. The van der Waals surface area contributed by atoms with Gasteiger partial charge in [0.2, 0.25) is 5.91 Å². The second-order valence-electron chi connectivity index (χ2n) is 6.13. The number of amides is 3. The first-order valence-corrected chi connectivity index (χ1v) is 7.94. The normalized spacial score (nSPS) is 19.3. The van der Waals surface area contributed by atoms with E-state index in [-0.39, 0.29) is 23.6 Å². The number of benzene rings is 1. The first-order valence-electron chi connectivity index (χ1n) is 7.94. The molecule has 2 aliphatic rings. The predicted molar refractivity (Wildman–Crippen MR) is 86.1 cm³/mol. The molecule has 0 aromatic heterocycles. The Labute approximate surface area is 135 Å². The molecule has 1 saturated heterocycles. The summed E-state index contributed by atoms with van der Waals surface area (Å²) in [5.74, 6) is -0.0927. The van der Waals surface area contributed by atoms with Gasteiger partial charge >= 0.3 is 0 Å². The van der Waals surface area contributed by atoms with Gasteiger partial charge in [0.05, 0.1) is 5.57 Å². The van der Waals surface area contributed by atoms with E-state index in [9.17, 15) is 14.4 Å². The van der Waals surface area contributed by atoms with Crippen molar-refractivity contribution in [1.29, 1.82) is 0 Å². The maximum absolute atomic E-state index is 12.5. The van der Waals surface area contributed by atoms with E-state index in [1.165, 1.54) is 11.0 Å². The van der Waals surface area contributed by atoms with Crippen molar-refractivity contribution >= 4 is 23.3 Å². The van der Waals surface area contributed by atoms with Crippen LogP contribution in [0.25, 0.3) is 5.57 Å². The van der Waals surface area contributed by atoms with E-state index >= 15 is 0 Å². The van der Waals surface area contributed by atoms with Crippen molar-refractivity contribution in [2.24, 2.45) is 5.92 Å². The zero-order valence-electron chi connectivity index (χ0n) is 13.2. The van der Waals surface area contributed by atoms with Crippen LogP contribution in [0.3, 0.4) is 0 Å². The Balaban J connectivity index is 1.64. The molecule has 1 aromatic carbocycles. The van der Waals surface area contributed by atoms with Gasteiger partial charge in [-0.25, -0.2) is 0 Å². The van der Waals surface area contributed by atoms with Crippen LogP contribution in [-0.2, 0) is 14.4 Å². The Kier molecular flexibility index (Phi) is 4.28. The molecule has 0 saturated carbocycles. The molecule has 3 rings (SSSR count). The summed E-state index contributed by atoms with van der Waals surface area (Å²) in [7, 11) is 0. The quantitative estimate of drug-likeness (QED) is 0.798. The molecule has 1 fully saturated rings. The van der Waals surface area contributed by atoms with Crippen LogP contribution in [0.4, 0.5) is 0 Å².